The molecular formula is C24H20I2N2O7S. The first kappa shape index (κ1) is 28.1. The van der Waals surface area contributed by atoms with Crippen LogP contribution in [0.25, 0.3) is 6.08 Å². The van der Waals surface area contributed by atoms with Gasteiger partial charge in [-0.3, -0.25) is 14.9 Å². The molecule has 0 bridgehead atoms. The van der Waals surface area contributed by atoms with Crippen LogP contribution in [0.4, 0.5) is 5.69 Å². The lowest BCUT2D eigenvalue weighted by atomic mass is 10.1. The molecule has 0 spiro atoms. The highest BCUT2D eigenvalue weighted by Crippen LogP contribution is 2.40. The van der Waals surface area contributed by atoms with E-state index in [-0.39, 0.29) is 41.7 Å². The summed E-state index contributed by atoms with van der Waals surface area (Å²) in [7, 11) is 0. The number of carbonyl (C=O) groups is 2. The van der Waals surface area contributed by atoms with Gasteiger partial charge in [-0.25, -0.2) is 9.79 Å². The van der Waals surface area contributed by atoms with E-state index in [1.54, 1.807) is 32.1 Å². The lowest BCUT2D eigenvalue weighted by Gasteiger charge is -2.12. The van der Waals surface area contributed by atoms with E-state index in [4.69, 9.17) is 9.47 Å². The highest BCUT2D eigenvalue weighted by molar-refractivity contribution is 14.1. The zero-order valence-corrected chi connectivity index (χ0v) is 24.2. The number of esters is 1. The number of halogens is 2. The fraction of sp³-hybridized carbons (Fsp3) is 0.208. The van der Waals surface area contributed by atoms with E-state index >= 15 is 0 Å². The van der Waals surface area contributed by atoms with Gasteiger partial charge in [0.2, 0.25) is 5.91 Å². The first-order chi connectivity index (χ1) is 17.1. The Morgan fingerprint density at radius 3 is 2.36 bits per heavy atom. The number of carbonyl (C=O) groups excluding carboxylic acids is 2. The predicted octanol–water partition coefficient (Wildman–Crippen LogP) is 6.18. The minimum Gasteiger partial charge on any atom is -0.506 e. The first-order valence-corrected chi connectivity index (χ1v) is 13.6. The number of ether oxygens (including phenoxy) is 2. The molecular weight excluding hydrogens is 714 g/mol. The second-order valence-corrected chi connectivity index (χ2v) is 10.6. The van der Waals surface area contributed by atoms with E-state index in [1.807, 2.05) is 12.1 Å². The number of aliphatic hydroxyl groups excluding tert-OH is 1. The Balaban J connectivity index is 1.86. The molecule has 1 aliphatic rings. The normalized spacial score (nSPS) is 15.4. The third-order valence-corrected chi connectivity index (χ3v) is 7.37. The number of nitro groups is 1. The zero-order valence-electron chi connectivity index (χ0n) is 19.1. The number of thioether (sulfide) groups is 1. The van der Waals surface area contributed by atoms with E-state index in [2.05, 4.69) is 50.2 Å². The lowest BCUT2D eigenvalue weighted by Crippen LogP contribution is -2.14. The SMILES string of the molecule is CCOC(=O)C1=C(O)/C(=C/c2cc(I)c(OCc3ccc([N+](=O)[O-])cc3)c(I)c2)SC1=NC(=O)CC. The van der Waals surface area contributed by atoms with Crippen molar-refractivity contribution in [3.8, 4) is 5.75 Å². The van der Waals surface area contributed by atoms with E-state index < -0.39 is 16.8 Å². The number of benzene rings is 2. The molecule has 0 aromatic heterocycles. The monoisotopic (exact) mass is 734 g/mol. The topological polar surface area (TPSA) is 128 Å². The molecule has 1 amide bonds. The number of nitrogens with zero attached hydrogens (tertiary/aromatic N) is 2. The second-order valence-electron chi connectivity index (χ2n) is 7.24. The average molecular weight is 734 g/mol. The van der Waals surface area contributed by atoms with Crippen LogP contribution in [0.15, 0.2) is 57.6 Å². The minimum atomic E-state index is -0.743. The summed E-state index contributed by atoms with van der Waals surface area (Å²) in [5.41, 5.74) is 1.42. The maximum Gasteiger partial charge on any atom is 0.344 e. The van der Waals surface area contributed by atoms with Crippen LogP contribution >= 0.6 is 56.9 Å². The molecule has 0 fully saturated rings. The summed E-state index contributed by atoms with van der Waals surface area (Å²) in [6.07, 6.45) is 1.86. The lowest BCUT2D eigenvalue weighted by molar-refractivity contribution is -0.384. The molecule has 0 saturated heterocycles. The van der Waals surface area contributed by atoms with E-state index in [0.29, 0.717) is 10.7 Å². The molecule has 2 aromatic carbocycles. The standard InChI is InChI=1S/C24H20I2N2O7S/c1-3-19(29)27-23-20(24(31)34-4-2)21(30)18(36-23)11-14-9-16(25)22(17(26)10-14)35-12-13-5-7-15(8-6-13)28(32)33/h5-11,30H,3-4,12H2,1-2H3/b18-11-,27-23?. The summed E-state index contributed by atoms with van der Waals surface area (Å²) in [5, 5.41) is 21.7. The van der Waals surface area contributed by atoms with Crippen LogP contribution in [-0.4, -0.2) is 33.6 Å². The molecule has 2 aromatic rings. The van der Waals surface area contributed by atoms with Crippen LogP contribution < -0.4 is 4.74 Å². The Kier molecular flexibility index (Phi) is 9.90. The molecule has 9 nitrogen and oxygen atoms in total. The van der Waals surface area contributed by atoms with Gasteiger partial charge in [-0.15, -0.1) is 0 Å². The molecule has 0 radical (unpaired) electrons. The van der Waals surface area contributed by atoms with Gasteiger partial charge in [-0.1, -0.05) is 18.7 Å². The van der Waals surface area contributed by atoms with E-state index in [9.17, 15) is 24.8 Å². The van der Waals surface area contributed by atoms with E-state index in [0.717, 1.165) is 30.0 Å². The van der Waals surface area contributed by atoms with Gasteiger partial charge >= 0.3 is 5.97 Å². The molecule has 188 valence electrons. The number of rotatable bonds is 8. The summed E-state index contributed by atoms with van der Waals surface area (Å²) in [6.45, 7) is 3.66. The quantitative estimate of drug-likeness (QED) is 0.148. The average Bonchev–Trinajstić information content (AvgIpc) is 3.13. The van der Waals surface area contributed by atoms with Crippen molar-refractivity contribution in [2.24, 2.45) is 4.99 Å². The van der Waals surface area contributed by atoms with Crippen molar-refractivity contribution in [2.45, 2.75) is 26.9 Å². The maximum atomic E-state index is 12.4. The Morgan fingerprint density at radius 2 is 1.81 bits per heavy atom. The molecule has 3 rings (SSSR count). The van der Waals surface area contributed by atoms with Crippen LogP contribution in [0, 0.1) is 17.3 Å². The van der Waals surface area contributed by atoms with Crippen LogP contribution in [0.3, 0.4) is 0 Å². The van der Waals surface area contributed by atoms with Crippen molar-refractivity contribution < 1.29 is 29.1 Å². The summed E-state index contributed by atoms with van der Waals surface area (Å²) >= 11 is 5.30. The van der Waals surface area contributed by atoms with Crippen molar-refractivity contribution in [1.82, 2.24) is 0 Å². The smallest absolute Gasteiger partial charge is 0.344 e. The van der Waals surface area contributed by atoms with Crippen molar-refractivity contribution in [1.29, 1.82) is 0 Å². The number of hydrogen-bond acceptors (Lipinski definition) is 8. The van der Waals surface area contributed by atoms with Crippen LogP contribution in [0.1, 0.15) is 31.4 Å². The molecule has 1 aliphatic heterocycles. The molecule has 0 saturated carbocycles. The van der Waals surface area contributed by atoms with Gasteiger partial charge in [-0.2, -0.15) is 0 Å². The van der Waals surface area contributed by atoms with Crippen molar-refractivity contribution in [3.63, 3.8) is 0 Å². The second kappa shape index (κ2) is 12.7. The van der Waals surface area contributed by atoms with Gasteiger partial charge in [0.25, 0.3) is 5.69 Å². The fourth-order valence-electron chi connectivity index (χ4n) is 3.01. The van der Waals surface area contributed by atoms with Gasteiger partial charge in [0.15, 0.2) is 0 Å². The van der Waals surface area contributed by atoms with Crippen LogP contribution in [0.2, 0.25) is 0 Å². The minimum absolute atomic E-state index is 0.0146. The molecule has 12 heteroatoms. The Hall–Kier alpha value is -2.46. The number of hydrogen-bond donors (Lipinski definition) is 1. The Labute approximate surface area is 238 Å². The number of aliphatic hydroxyl groups is 1. The third kappa shape index (κ3) is 6.85. The van der Waals surface area contributed by atoms with Crippen molar-refractivity contribution in [2.75, 3.05) is 6.61 Å². The predicted molar refractivity (Wildman–Crippen MR) is 154 cm³/mol. The van der Waals surface area contributed by atoms with Gasteiger partial charge in [0.1, 0.15) is 28.7 Å². The highest BCUT2D eigenvalue weighted by atomic mass is 127. The fourth-order valence-corrected chi connectivity index (χ4v) is 6.16. The van der Waals surface area contributed by atoms with Gasteiger partial charge in [0.05, 0.1) is 23.6 Å². The Morgan fingerprint density at radius 1 is 1.17 bits per heavy atom. The zero-order chi connectivity index (χ0) is 26.4. The molecule has 36 heavy (non-hydrogen) atoms. The third-order valence-electron chi connectivity index (χ3n) is 4.75. The number of nitro benzene ring substituents is 1. The molecule has 0 atom stereocenters. The summed E-state index contributed by atoms with van der Waals surface area (Å²) in [4.78, 5) is 39.0. The summed E-state index contributed by atoms with van der Waals surface area (Å²) in [5.74, 6) is -0.789. The largest absolute Gasteiger partial charge is 0.506 e. The Bertz CT molecular complexity index is 1280. The van der Waals surface area contributed by atoms with Crippen molar-refractivity contribution >= 4 is 85.6 Å². The summed E-state index contributed by atoms with van der Waals surface area (Å²) < 4.78 is 12.6. The van der Waals surface area contributed by atoms with Crippen LogP contribution in [-0.2, 0) is 20.9 Å². The molecule has 1 heterocycles. The number of non-ortho nitro benzene ring substituents is 1. The molecule has 1 N–H and O–H groups in total. The van der Waals surface area contributed by atoms with Crippen LogP contribution in [0.5, 0.6) is 5.75 Å². The first-order valence-electron chi connectivity index (χ1n) is 10.6. The highest BCUT2D eigenvalue weighted by Gasteiger charge is 2.33. The van der Waals surface area contributed by atoms with Gasteiger partial charge in [0, 0.05) is 18.6 Å². The van der Waals surface area contributed by atoms with Gasteiger partial charge in [-0.05, 0) is 93.6 Å². The van der Waals surface area contributed by atoms with E-state index in [1.165, 1.54) is 12.1 Å². The summed E-state index contributed by atoms with van der Waals surface area (Å²) in [6, 6.07) is 9.86. The number of aliphatic imine (C=N–C) groups is 1. The van der Waals surface area contributed by atoms with Gasteiger partial charge < -0.3 is 14.6 Å². The number of amides is 1. The maximum absolute atomic E-state index is 12.4. The molecule has 0 unspecified atom stereocenters. The van der Waals surface area contributed by atoms with Crippen molar-refractivity contribution in [3.05, 3.63) is 81.0 Å². The molecule has 0 aliphatic carbocycles.